The van der Waals surface area contributed by atoms with Crippen LogP contribution in [0.3, 0.4) is 0 Å². The van der Waals surface area contributed by atoms with E-state index in [2.05, 4.69) is 25.0 Å². The molecule has 7 heteroatoms. The molecule has 6 nitrogen and oxygen atoms in total. The number of carbonyl (C=O) groups is 1. The summed E-state index contributed by atoms with van der Waals surface area (Å²) in [7, 11) is 0. The smallest absolute Gasteiger partial charge is 0.289 e. The normalized spacial score (nSPS) is 21.1. The molecule has 3 heterocycles. The van der Waals surface area contributed by atoms with Crippen LogP contribution in [0.2, 0.25) is 0 Å². The molecule has 3 aliphatic rings. The lowest BCUT2D eigenvalue weighted by Crippen LogP contribution is -2.44. The van der Waals surface area contributed by atoms with E-state index in [-0.39, 0.29) is 17.1 Å². The molecule has 0 radical (unpaired) electrons. The highest BCUT2D eigenvalue weighted by molar-refractivity contribution is 5.90. The Labute approximate surface area is 170 Å². The number of halogens is 1. The van der Waals surface area contributed by atoms with Crippen molar-refractivity contribution in [3.63, 3.8) is 0 Å². The number of carbonyl (C=O) groups excluding carboxylic acids is 1. The summed E-state index contributed by atoms with van der Waals surface area (Å²) in [5, 5.41) is 11.5. The molecule has 1 spiro atoms. The van der Waals surface area contributed by atoms with E-state index in [1.165, 1.54) is 18.9 Å². The molecule has 1 saturated carbocycles. The van der Waals surface area contributed by atoms with Gasteiger partial charge in [0, 0.05) is 26.1 Å². The fourth-order valence-corrected chi connectivity index (χ4v) is 4.77. The molecule has 0 atom stereocenters. The molecule has 1 aromatic heterocycles. The van der Waals surface area contributed by atoms with E-state index < -0.39 is 0 Å². The van der Waals surface area contributed by atoms with Crippen LogP contribution >= 0.6 is 0 Å². The highest BCUT2D eigenvalue weighted by Gasteiger charge is 2.40. The molecule has 1 aliphatic carbocycles. The fourth-order valence-electron chi connectivity index (χ4n) is 4.77. The molecule has 1 aromatic carbocycles. The number of likely N-dealkylation sites (tertiary alicyclic amines) is 1. The summed E-state index contributed by atoms with van der Waals surface area (Å²) in [4.78, 5) is 15.0. The van der Waals surface area contributed by atoms with Crippen molar-refractivity contribution in [1.29, 1.82) is 0 Å². The minimum Gasteiger partial charge on any atom is -0.349 e. The standard InChI is InChI=1S/C22H28FN5O/c23-18-3-1-2-17(12-18)14-27-10-8-22(9-11-27)7-6-19-25-26-20(28(19)15-22)21(29)24-13-16-4-5-16/h1-3,12,16H,4-11,13-15H2,(H,24,29). The number of nitrogens with one attached hydrogen (secondary N) is 1. The van der Waals surface area contributed by atoms with Crippen LogP contribution in [0.15, 0.2) is 24.3 Å². The summed E-state index contributed by atoms with van der Waals surface area (Å²) in [6, 6.07) is 6.89. The molecule has 2 fully saturated rings. The minimum absolute atomic E-state index is 0.0868. The Balaban J connectivity index is 1.22. The molecule has 0 bridgehead atoms. The van der Waals surface area contributed by atoms with Crippen molar-refractivity contribution in [3.05, 3.63) is 47.3 Å². The zero-order valence-corrected chi connectivity index (χ0v) is 16.7. The number of rotatable bonds is 5. The van der Waals surface area contributed by atoms with Gasteiger partial charge in [0.25, 0.3) is 5.91 Å². The highest BCUT2D eigenvalue weighted by Crippen LogP contribution is 2.41. The van der Waals surface area contributed by atoms with E-state index in [1.807, 2.05) is 6.07 Å². The van der Waals surface area contributed by atoms with Gasteiger partial charge < -0.3 is 9.88 Å². The highest BCUT2D eigenvalue weighted by atomic mass is 19.1. The van der Waals surface area contributed by atoms with Gasteiger partial charge in [-0.15, -0.1) is 10.2 Å². The topological polar surface area (TPSA) is 63.1 Å². The average molecular weight is 397 g/mol. The number of fused-ring (bicyclic) bond motifs is 1. The molecule has 5 rings (SSSR count). The van der Waals surface area contributed by atoms with Crippen LogP contribution in [0, 0.1) is 17.2 Å². The van der Waals surface area contributed by atoms with Crippen LogP contribution in [0.4, 0.5) is 4.39 Å². The second-order valence-corrected chi connectivity index (χ2v) is 9.09. The van der Waals surface area contributed by atoms with Crippen LogP contribution in [0.1, 0.15) is 54.1 Å². The largest absolute Gasteiger partial charge is 0.349 e. The lowest BCUT2D eigenvalue weighted by Gasteiger charge is -2.44. The SMILES string of the molecule is O=C(NCC1CC1)c1nnc2n1CC1(CC2)CCN(Cc2cccc(F)c2)CC1. The third-order valence-corrected chi connectivity index (χ3v) is 6.86. The van der Waals surface area contributed by atoms with Gasteiger partial charge in [-0.3, -0.25) is 9.69 Å². The van der Waals surface area contributed by atoms with Gasteiger partial charge in [0.2, 0.25) is 5.82 Å². The molecule has 1 N–H and O–H groups in total. The number of benzene rings is 1. The molecule has 2 aliphatic heterocycles. The van der Waals surface area contributed by atoms with Crippen LogP contribution in [-0.4, -0.2) is 45.2 Å². The molecule has 2 aromatic rings. The quantitative estimate of drug-likeness (QED) is 0.843. The van der Waals surface area contributed by atoms with Gasteiger partial charge in [0.05, 0.1) is 0 Å². The molecule has 1 amide bonds. The summed E-state index contributed by atoms with van der Waals surface area (Å²) < 4.78 is 15.5. The summed E-state index contributed by atoms with van der Waals surface area (Å²) in [6.07, 6.45) is 6.59. The first-order valence-corrected chi connectivity index (χ1v) is 10.8. The Morgan fingerprint density at radius 2 is 2.03 bits per heavy atom. The zero-order chi connectivity index (χ0) is 19.8. The molecular weight excluding hydrogens is 369 g/mol. The van der Waals surface area contributed by atoms with Crippen molar-refractivity contribution < 1.29 is 9.18 Å². The summed E-state index contributed by atoms with van der Waals surface area (Å²) in [5.74, 6) is 1.81. The maximum absolute atomic E-state index is 13.5. The predicted molar refractivity (Wildman–Crippen MR) is 107 cm³/mol. The third kappa shape index (κ3) is 4.06. The van der Waals surface area contributed by atoms with E-state index in [9.17, 15) is 9.18 Å². The van der Waals surface area contributed by atoms with E-state index in [0.29, 0.717) is 11.7 Å². The van der Waals surface area contributed by atoms with Gasteiger partial charge in [0.1, 0.15) is 11.6 Å². The zero-order valence-electron chi connectivity index (χ0n) is 16.7. The fraction of sp³-hybridized carbons (Fsp3) is 0.591. The van der Waals surface area contributed by atoms with Gasteiger partial charge in [-0.2, -0.15) is 0 Å². The van der Waals surface area contributed by atoms with Gasteiger partial charge in [0.15, 0.2) is 0 Å². The molecule has 154 valence electrons. The maximum atomic E-state index is 13.5. The predicted octanol–water partition coefficient (Wildman–Crippen LogP) is 2.79. The first kappa shape index (κ1) is 18.7. The first-order chi connectivity index (χ1) is 14.1. The number of aryl methyl sites for hydroxylation is 1. The van der Waals surface area contributed by atoms with E-state index >= 15 is 0 Å². The van der Waals surface area contributed by atoms with E-state index in [4.69, 9.17) is 0 Å². The van der Waals surface area contributed by atoms with Crippen molar-refractivity contribution in [3.8, 4) is 0 Å². The molecule has 0 unspecified atom stereocenters. The van der Waals surface area contributed by atoms with Gasteiger partial charge in [-0.05, 0) is 74.2 Å². The van der Waals surface area contributed by atoms with Crippen LogP contribution in [-0.2, 0) is 19.5 Å². The Bertz CT molecular complexity index is 898. The van der Waals surface area contributed by atoms with Crippen molar-refractivity contribution >= 4 is 5.91 Å². The summed E-state index contributed by atoms with van der Waals surface area (Å²) >= 11 is 0. The van der Waals surface area contributed by atoms with Gasteiger partial charge >= 0.3 is 0 Å². The summed E-state index contributed by atoms with van der Waals surface area (Å²) in [5.41, 5.74) is 1.24. The average Bonchev–Trinajstić information content (AvgIpc) is 3.46. The second-order valence-electron chi connectivity index (χ2n) is 9.09. The number of aromatic nitrogens is 3. The van der Waals surface area contributed by atoms with Crippen LogP contribution in [0.25, 0.3) is 0 Å². The van der Waals surface area contributed by atoms with Crippen molar-refractivity contribution in [2.45, 2.75) is 51.6 Å². The van der Waals surface area contributed by atoms with Crippen LogP contribution in [0.5, 0.6) is 0 Å². The van der Waals surface area contributed by atoms with Gasteiger partial charge in [-0.25, -0.2) is 4.39 Å². The lowest BCUT2D eigenvalue weighted by atomic mass is 9.73. The van der Waals surface area contributed by atoms with Crippen molar-refractivity contribution in [1.82, 2.24) is 25.0 Å². The summed E-state index contributed by atoms with van der Waals surface area (Å²) in [6.45, 7) is 4.37. The number of piperidine rings is 1. The third-order valence-electron chi connectivity index (χ3n) is 6.86. The first-order valence-electron chi connectivity index (χ1n) is 10.8. The van der Waals surface area contributed by atoms with Crippen LogP contribution < -0.4 is 5.32 Å². The molecule has 1 saturated heterocycles. The molecular formula is C22H28FN5O. The maximum Gasteiger partial charge on any atom is 0.289 e. The number of hydrogen-bond donors (Lipinski definition) is 1. The Morgan fingerprint density at radius 3 is 2.79 bits per heavy atom. The monoisotopic (exact) mass is 397 g/mol. The number of amides is 1. The van der Waals surface area contributed by atoms with E-state index in [1.54, 1.807) is 12.1 Å². The van der Waals surface area contributed by atoms with Gasteiger partial charge in [-0.1, -0.05) is 12.1 Å². The number of nitrogens with zero attached hydrogens (tertiary/aromatic N) is 4. The Kier molecular flexibility index (Phi) is 4.86. The lowest BCUT2D eigenvalue weighted by molar-refractivity contribution is 0.0617. The van der Waals surface area contributed by atoms with Crippen molar-refractivity contribution in [2.24, 2.45) is 11.3 Å². The Hall–Kier alpha value is -2.28. The second kappa shape index (κ2) is 7.52. The molecule has 29 heavy (non-hydrogen) atoms. The minimum atomic E-state index is -0.170. The van der Waals surface area contributed by atoms with E-state index in [0.717, 1.165) is 69.8 Å². The Morgan fingerprint density at radius 1 is 1.21 bits per heavy atom. The number of hydrogen-bond acceptors (Lipinski definition) is 4. The van der Waals surface area contributed by atoms with Crippen molar-refractivity contribution in [2.75, 3.05) is 19.6 Å².